The van der Waals surface area contributed by atoms with Gasteiger partial charge in [-0.05, 0) is 23.6 Å². The Kier molecular flexibility index (Phi) is 3.31. The predicted molar refractivity (Wildman–Crippen MR) is 63.1 cm³/mol. The molecule has 3 nitrogen and oxygen atoms in total. The van der Waals surface area contributed by atoms with Crippen LogP contribution in [-0.2, 0) is 6.42 Å². The lowest BCUT2D eigenvalue weighted by molar-refractivity contribution is 0.0993. The van der Waals surface area contributed by atoms with Crippen LogP contribution in [0.25, 0.3) is 0 Å². The number of hydrogen-bond acceptors (Lipinski definition) is 4. The number of carbonyl (C=O) groups excluding carboxylic acids is 1. The number of aromatic nitrogens is 1. The molecule has 0 unspecified atom stereocenters. The standard InChI is InChI=1S/C12H11NO2S/c1-15-11-5-7-16-12(11)10(14)8-9-4-2-3-6-13-9/h2-7H,8H2,1H3. The molecule has 0 N–H and O–H groups in total. The summed E-state index contributed by atoms with van der Waals surface area (Å²) in [7, 11) is 1.57. The van der Waals surface area contributed by atoms with E-state index in [4.69, 9.17) is 4.74 Å². The fourth-order valence-electron chi connectivity index (χ4n) is 1.41. The predicted octanol–water partition coefficient (Wildman–Crippen LogP) is 2.58. The zero-order valence-corrected chi connectivity index (χ0v) is 9.66. The third-order valence-corrected chi connectivity index (χ3v) is 3.11. The Morgan fingerprint density at radius 3 is 3.00 bits per heavy atom. The van der Waals surface area contributed by atoms with E-state index < -0.39 is 0 Å². The van der Waals surface area contributed by atoms with Gasteiger partial charge in [0.15, 0.2) is 5.78 Å². The lowest BCUT2D eigenvalue weighted by Crippen LogP contribution is -2.04. The maximum absolute atomic E-state index is 11.9. The van der Waals surface area contributed by atoms with Crippen molar-refractivity contribution in [1.82, 2.24) is 4.98 Å². The van der Waals surface area contributed by atoms with Crippen molar-refractivity contribution in [3.63, 3.8) is 0 Å². The summed E-state index contributed by atoms with van der Waals surface area (Å²) in [6.45, 7) is 0. The molecule has 0 amide bonds. The monoisotopic (exact) mass is 233 g/mol. The van der Waals surface area contributed by atoms with Crippen LogP contribution in [0.5, 0.6) is 5.75 Å². The van der Waals surface area contributed by atoms with E-state index in [2.05, 4.69) is 4.98 Å². The summed E-state index contributed by atoms with van der Waals surface area (Å²) in [5.74, 6) is 0.691. The highest BCUT2D eigenvalue weighted by Crippen LogP contribution is 2.25. The molecule has 4 heteroatoms. The molecule has 0 saturated heterocycles. The molecule has 2 aromatic rings. The van der Waals surface area contributed by atoms with Gasteiger partial charge in [-0.15, -0.1) is 11.3 Å². The first kappa shape index (κ1) is 10.8. The van der Waals surface area contributed by atoms with Crippen molar-refractivity contribution in [3.8, 4) is 5.75 Å². The van der Waals surface area contributed by atoms with Crippen molar-refractivity contribution in [1.29, 1.82) is 0 Å². The number of hydrogen-bond donors (Lipinski definition) is 0. The zero-order chi connectivity index (χ0) is 11.4. The van der Waals surface area contributed by atoms with Crippen LogP contribution in [0.15, 0.2) is 35.8 Å². The summed E-state index contributed by atoms with van der Waals surface area (Å²) in [6.07, 6.45) is 2.01. The third-order valence-electron chi connectivity index (χ3n) is 2.17. The molecular weight excluding hydrogens is 222 g/mol. The second-order valence-corrected chi connectivity index (χ2v) is 4.16. The minimum Gasteiger partial charge on any atom is -0.495 e. The molecule has 0 aromatic carbocycles. The summed E-state index contributed by atoms with van der Waals surface area (Å²) in [6, 6.07) is 7.36. The molecule has 0 bridgehead atoms. The van der Waals surface area contributed by atoms with Crippen LogP contribution in [0.4, 0.5) is 0 Å². The van der Waals surface area contributed by atoms with E-state index in [1.165, 1.54) is 11.3 Å². The lowest BCUT2D eigenvalue weighted by Gasteiger charge is -2.01. The van der Waals surface area contributed by atoms with Gasteiger partial charge in [0, 0.05) is 11.9 Å². The highest BCUT2D eigenvalue weighted by atomic mass is 32.1. The molecular formula is C12H11NO2S. The Morgan fingerprint density at radius 1 is 1.44 bits per heavy atom. The van der Waals surface area contributed by atoms with Crippen molar-refractivity contribution in [2.24, 2.45) is 0 Å². The molecule has 2 rings (SSSR count). The molecule has 0 fully saturated rings. The first-order valence-corrected chi connectivity index (χ1v) is 5.74. The van der Waals surface area contributed by atoms with Gasteiger partial charge in [-0.25, -0.2) is 0 Å². The van der Waals surface area contributed by atoms with E-state index in [9.17, 15) is 4.79 Å². The molecule has 0 aliphatic rings. The minimum atomic E-state index is 0.0468. The molecule has 82 valence electrons. The number of Topliss-reactive ketones (excluding diaryl/α,β-unsaturated/α-hetero) is 1. The molecule has 0 aliphatic carbocycles. The van der Waals surface area contributed by atoms with Gasteiger partial charge in [0.05, 0.1) is 13.5 Å². The number of ether oxygens (including phenoxy) is 1. The molecule has 16 heavy (non-hydrogen) atoms. The van der Waals surface area contributed by atoms with Crippen LogP contribution < -0.4 is 4.74 Å². The van der Waals surface area contributed by atoms with E-state index in [-0.39, 0.29) is 5.78 Å². The Labute approximate surface area is 97.7 Å². The van der Waals surface area contributed by atoms with Gasteiger partial charge in [-0.1, -0.05) is 6.07 Å². The van der Waals surface area contributed by atoms with Gasteiger partial charge in [-0.2, -0.15) is 0 Å². The zero-order valence-electron chi connectivity index (χ0n) is 8.84. The summed E-state index contributed by atoms with van der Waals surface area (Å²) < 4.78 is 5.11. The summed E-state index contributed by atoms with van der Waals surface area (Å²) >= 11 is 1.40. The SMILES string of the molecule is COc1ccsc1C(=O)Cc1ccccn1. The van der Waals surface area contributed by atoms with Gasteiger partial charge >= 0.3 is 0 Å². The molecule has 2 aromatic heterocycles. The van der Waals surface area contributed by atoms with Crippen LogP contribution in [0.1, 0.15) is 15.4 Å². The smallest absolute Gasteiger partial charge is 0.182 e. The molecule has 0 radical (unpaired) electrons. The number of carbonyl (C=O) groups is 1. The van der Waals surface area contributed by atoms with Gasteiger partial charge in [0.25, 0.3) is 0 Å². The maximum Gasteiger partial charge on any atom is 0.182 e. The number of ketones is 1. The average Bonchev–Trinajstić information content (AvgIpc) is 2.78. The summed E-state index contributed by atoms with van der Waals surface area (Å²) in [5.41, 5.74) is 0.781. The number of methoxy groups -OCH3 is 1. The van der Waals surface area contributed by atoms with Gasteiger partial charge in [-0.3, -0.25) is 9.78 Å². The van der Waals surface area contributed by atoms with Crippen LogP contribution in [0, 0.1) is 0 Å². The second-order valence-electron chi connectivity index (χ2n) is 3.24. The molecule has 2 heterocycles. The molecule has 0 spiro atoms. The van der Waals surface area contributed by atoms with E-state index in [1.54, 1.807) is 19.4 Å². The topological polar surface area (TPSA) is 39.2 Å². The summed E-state index contributed by atoms with van der Waals surface area (Å²) in [5, 5.41) is 1.85. The molecule has 0 saturated carbocycles. The first-order chi connectivity index (χ1) is 7.81. The normalized spacial score (nSPS) is 10.1. The summed E-state index contributed by atoms with van der Waals surface area (Å²) in [4.78, 5) is 16.7. The lowest BCUT2D eigenvalue weighted by atomic mass is 10.2. The van der Waals surface area contributed by atoms with E-state index >= 15 is 0 Å². The number of nitrogens with zero attached hydrogens (tertiary/aromatic N) is 1. The van der Waals surface area contributed by atoms with Crippen LogP contribution in [0.3, 0.4) is 0 Å². The third kappa shape index (κ3) is 2.28. The van der Waals surface area contributed by atoms with Crippen LogP contribution >= 0.6 is 11.3 Å². The Morgan fingerprint density at radius 2 is 2.31 bits per heavy atom. The number of pyridine rings is 1. The molecule has 0 aliphatic heterocycles. The van der Waals surface area contributed by atoms with Gasteiger partial charge in [0.2, 0.25) is 0 Å². The Balaban J connectivity index is 2.15. The van der Waals surface area contributed by atoms with Crippen molar-refractivity contribution in [2.75, 3.05) is 7.11 Å². The largest absolute Gasteiger partial charge is 0.495 e. The Hall–Kier alpha value is -1.68. The number of thiophene rings is 1. The van der Waals surface area contributed by atoms with Gasteiger partial charge in [0.1, 0.15) is 10.6 Å². The van der Waals surface area contributed by atoms with E-state index in [0.29, 0.717) is 17.0 Å². The highest BCUT2D eigenvalue weighted by Gasteiger charge is 2.14. The minimum absolute atomic E-state index is 0.0468. The second kappa shape index (κ2) is 4.90. The van der Waals surface area contributed by atoms with Crippen molar-refractivity contribution >= 4 is 17.1 Å². The Bertz CT molecular complexity index is 479. The maximum atomic E-state index is 11.9. The van der Waals surface area contributed by atoms with Gasteiger partial charge < -0.3 is 4.74 Å². The quantitative estimate of drug-likeness (QED) is 0.762. The van der Waals surface area contributed by atoms with Crippen molar-refractivity contribution < 1.29 is 9.53 Å². The van der Waals surface area contributed by atoms with Crippen molar-refractivity contribution in [3.05, 3.63) is 46.4 Å². The molecule has 0 atom stereocenters. The van der Waals surface area contributed by atoms with Crippen LogP contribution in [0.2, 0.25) is 0 Å². The average molecular weight is 233 g/mol. The fraction of sp³-hybridized carbons (Fsp3) is 0.167. The first-order valence-electron chi connectivity index (χ1n) is 4.86. The fourth-order valence-corrected chi connectivity index (χ4v) is 2.21. The van der Waals surface area contributed by atoms with Crippen LogP contribution in [-0.4, -0.2) is 17.9 Å². The van der Waals surface area contributed by atoms with E-state index in [0.717, 1.165) is 5.69 Å². The van der Waals surface area contributed by atoms with Crippen molar-refractivity contribution in [2.45, 2.75) is 6.42 Å². The number of rotatable bonds is 4. The highest BCUT2D eigenvalue weighted by molar-refractivity contribution is 7.12. The van der Waals surface area contributed by atoms with E-state index in [1.807, 2.05) is 23.6 Å².